The maximum absolute atomic E-state index is 11.9. The molecule has 1 heterocycles. The standard InChI is InChI=1S/C15H18N2O/c1-12-8-9-13(2)17(12)11-15(18)16-10-14-6-4-3-5-7-14/h3-9H,10-11H2,1-2H3,(H,16,18). The Kier molecular flexibility index (Phi) is 3.82. The molecular formula is C15H18N2O. The fourth-order valence-electron chi connectivity index (χ4n) is 1.94. The number of hydrogen-bond acceptors (Lipinski definition) is 1. The number of aryl methyl sites for hydroxylation is 2. The van der Waals surface area contributed by atoms with Gasteiger partial charge in [0.15, 0.2) is 0 Å². The molecular weight excluding hydrogens is 224 g/mol. The monoisotopic (exact) mass is 242 g/mol. The highest BCUT2D eigenvalue weighted by atomic mass is 16.1. The maximum Gasteiger partial charge on any atom is 0.240 e. The summed E-state index contributed by atoms with van der Waals surface area (Å²) in [5, 5.41) is 2.93. The number of amides is 1. The second-order valence-corrected chi connectivity index (χ2v) is 4.46. The molecule has 18 heavy (non-hydrogen) atoms. The lowest BCUT2D eigenvalue weighted by molar-refractivity contribution is -0.121. The van der Waals surface area contributed by atoms with Gasteiger partial charge in [0.2, 0.25) is 5.91 Å². The quantitative estimate of drug-likeness (QED) is 0.877. The lowest BCUT2D eigenvalue weighted by Crippen LogP contribution is -2.27. The summed E-state index contributed by atoms with van der Waals surface area (Å²) in [6, 6.07) is 14.0. The van der Waals surface area contributed by atoms with E-state index >= 15 is 0 Å². The van der Waals surface area contributed by atoms with E-state index in [1.165, 1.54) is 0 Å². The Bertz CT molecular complexity index is 509. The van der Waals surface area contributed by atoms with Crippen LogP contribution < -0.4 is 5.32 Å². The number of carbonyl (C=O) groups is 1. The maximum atomic E-state index is 11.9. The number of nitrogens with one attached hydrogen (secondary N) is 1. The van der Waals surface area contributed by atoms with Gasteiger partial charge in [0, 0.05) is 17.9 Å². The summed E-state index contributed by atoms with van der Waals surface area (Å²) in [6.45, 7) is 4.99. The van der Waals surface area contributed by atoms with Gasteiger partial charge in [0.1, 0.15) is 6.54 Å². The molecule has 1 aromatic heterocycles. The highest BCUT2D eigenvalue weighted by molar-refractivity contribution is 5.75. The molecule has 1 aromatic carbocycles. The normalized spacial score (nSPS) is 10.3. The third kappa shape index (κ3) is 3.00. The third-order valence-corrected chi connectivity index (χ3v) is 3.05. The van der Waals surface area contributed by atoms with Crippen molar-refractivity contribution in [3.63, 3.8) is 0 Å². The molecule has 0 aliphatic heterocycles. The van der Waals surface area contributed by atoms with Crippen LogP contribution in [-0.2, 0) is 17.9 Å². The van der Waals surface area contributed by atoms with Gasteiger partial charge in [0.05, 0.1) is 0 Å². The summed E-state index contributed by atoms with van der Waals surface area (Å²) >= 11 is 0. The molecule has 0 saturated carbocycles. The van der Waals surface area contributed by atoms with Gasteiger partial charge in [-0.2, -0.15) is 0 Å². The van der Waals surface area contributed by atoms with Gasteiger partial charge in [-0.25, -0.2) is 0 Å². The SMILES string of the molecule is Cc1ccc(C)n1CC(=O)NCc1ccccc1. The molecule has 0 bridgehead atoms. The summed E-state index contributed by atoms with van der Waals surface area (Å²) < 4.78 is 2.01. The Morgan fingerprint density at radius 2 is 1.67 bits per heavy atom. The lowest BCUT2D eigenvalue weighted by Gasteiger charge is -2.10. The molecule has 0 radical (unpaired) electrons. The Balaban J connectivity index is 1.90. The van der Waals surface area contributed by atoms with Gasteiger partial charge in [-0.15, -0.1) is 0 Å². The van der Waals surface area contributed by atoms with Crippen molar-refractivity contribution in [2.45, 2.75) is 26.9 Å². The van der Waals surface area contributed by atoms with Crippen LogP contribution in [0.5, 0.6) is 0 Å². The summed E-state index contributed by atoms with van der Waals surface area (Å²) in [5.74, 6) is 0.0428. The number of rotatable bonds is 4. The van der Waals surface area contributed by atoms with Crippen molar-refractivity contribution in [3.05, 3.63) is 59.4 Å². The average Bonchev–Trinajstić information content (AvgIpc) is 2.69. The topological polar surface area (TPSA) is 34.0 Å². The summed E-state index contributed by atoms with van der Waals surface area (Å²) in [7, 11) is 0. The van der Waals surface area contributed by atoms with Crippen LogP contribution in [0.2, 0.25) is 0 Å². The summed E-state index contributed by atoms with van der Waals surface area (Å²) in [4.78, 5) is 11.9. The highest BCUT2D eigenvalue weighted by Crippen LogP contribution is 2.06. The van der Waals surface area contributed by atoms with Crippen LogP contribution in [-0.4, -0.2) is 10.5 Å². The van der Waals surface area contributed by atoms with E-state index < -0.39 is 0 Å². The zero-order chi connectivity index (χ0) is 13.0. The number of aromatic nitrogens is 1. The molecule has 1 amide bonds. The zero-order valence-electron chi connectivity index (χ0n) is 10.8. The van der Waals surface area contributed by atoms with E-state index in [2.05, 4.69) is 5.32 Å². The van der Waals surface area contributed by atoms with Crippen LogP contribution in [0.4, 0.5) is 0 Å². The number of benzene rings is 1. The third-order valence-electron chi connectivity index (χ3n) is 3.05. The fraction of sp³-hybridized carbons (Fsp3) is 0.267. The number of hydrogen-bond donors (Lipinski definition) is 1. The molecule has 0 unspecified atom stereocenters. The first-order valence-electron chi connectivity index (χ1n) is 6.10. The molecule has 0 atom stereocenters. The first-order chi connectivity index (χ1) is 8.66. The average molecular weight is 242 g/mol. The molecule has 2 rings (SSSR count). The molecule has 2 aromatic rings. The van der Waals surface area contributed by atoms with E-state index in [9.17, 15) is 4.79 Å². The van der Waals surface area contributed by atoms with E-state index in [0.29, 0.717) is 13.1 Å². The largest absolute Gasteiger partial charge is 0.350 e. The first kappa shape index (κ1) is 12.4. The molecule has 0 fully saturated rings. The first-order valence-corrected chi connectivity index (χ1v) is 6.10. The van der Waals surface area contributed by atoms with Crippen LogP contribution >= 0.6 is 0 Å². The van der Waals surface area contributed by atoms with Gasteiger partial charge in [-0.05, 0) is 31.5 Å². The Labute approximate surface area is 107 Å². The van der Waals surface area contributed by atoms with Crippen molar-refractivity contribution < 1.29 is 4.79 Å². The van der Waals surface area contributed by atoms with Crippen LogP contribution in [0.15, 0.2) is 42.5 Å². The predicted molar refractivity (Wildman–Crippen MR) is 72.2 cm³/mol. The number of carbonyl (C=O) groups excluding carboxylic acids is 1. The molecule has 3 heteroatoms. The lowest BCUT2D eigenvalue weighted by atomic mass is 10.2. The Morgan fingerprint density at radius 1 is 1.06 bits per heavy atom. The summed E-state index contributed by atoms with van der Waals surface area (Å²) in [6.07, 6.45) is 0. The van der Waals surface area contributed by atoms with Gasteiger partial charge in [-0.1, -0.05) is 30.3 Å². The molecule has 0 spiro atoms. The van der Waals surface area contributed by atoms with Crippen molar-refractivity contribution in [3.8, 4) is 0 Å². The van der Waals surface area contributed by atoms with Gasteiger partial charge >= 0.3 is 0 Å². The molecule has 1 N–H and O–H groups in total. The Hall–Kier alpha value is -2.03. The van der Waals surface area contributed by atoms with E-state index in [-0.39, 0.29) is 5.91 Å². The predicted octanol–water partition coefficient (Wildman–Crippen LogP) is 2.42. The van der Waals surface area contributed by atoms with Crippen molar-refractivity contribution in [2.75, 3.05) is 0 Å². The summed E-state index contributed by atoms with van der Waals surface area (Å²) in [5.41, 5.74) is 3.34. The van der Waals surface area contributed by atoms with Crippen LogP contribution in [0, 0.1) is 13.8 Å². The minimum Gasteiger partial charge on any atom is -0.350 e. The van der Waals surface area contributed by atoms with Crippen molar-refractivity contribution >= 4 is 5.91 Å². The fourth-order valence-corrected chi connectivity index (χ4v) is 1.94. The smallest absolute Gasteiger partial charge is 0.240 e. The molecule has 0 saturated heterocycles. The molecule has 0 aliphatic carbocycles. The molecule has 3 nitrogen and oxygen atoms in total. The van der Waals surface area contributed by atoms with E-state index in [0.717, 1.165) is 17.0 Å². The van der Waals surface area contributed by atoms with E-state index in [1.54, 1.807) is 0 Å². The zero-order valence-corrected chi connectivity index (χ0v) is 10.8. The van der Waals surface area contributed by atoms with Crippen LogP contribution in [0.3, 0.4) is 0 Å². The van der Waals surface area contributed by atoms with Crippen LogP contribution in [0.1, 0.15) is 17.0 Å². The van der Waals surface area contributed by atoms with E-state index in [1.807, 2.05) is 60.9 Å². The molecule has 0 aliphatic rings. The van der Waals surface area contributed by atoms with Crippen molar-refractivity contribution in [1.29, 1.82) is 0 Å². The second-order valence-electron chi connectivity index (χ2n) is 4.46. The van der Waals surface area contributed by atoms with Gasteiger partial charge < -0.3 is 9.88 Å². The van der Waals surface area contributed by atoms with Crippen molar-refractivity contribution in [1.82, 2.24) is 9.88 Å². The van der Waals surface area contributed by atoms with E-state index in [4.69, 9.17) is 0 Å². The van der Waals surface area contributed by atoms with Gasteiger partial charge in [-0.3, -0.25) is 4.79 Å². The second kappa shape index (κ2) is 5.54. The molecule has 94 valence electrons. The minimum absolute atomic E-state index is 0.0428. The van der Waals surface area contributed by atoms with Crippen LogP contribution in [0.25, 0.3) is 0 Å². The number of nitrogens with zero attached hydrogens (tertiary/aromatic N) is 1. The highest BCUT2D eigenvalue weighted by Gasteiger charge is 2.06. The Morgan fingerprint density at radius 3 is 2.28 bits per heavy atom. The van der Waals surface area contributed by atoms with Crippen molar-refractivity contribution in [2.24, 2.45) is 0 Å². The van der Waals surface area contributed by atoms with Gasteiger partial charge in [0.25, 0.3) is 0 Å². The minimum atomic E-state index is 0.0428.